The van der Waals surface area contributed by atoms with Crippen molar-refractivity contribution >= 4 is 22.8 Å². The second kappa shape index (κ2) is 20.5. The molecule has 0 aliphatic heterocycles. The summed E-state index contributed by atoms with van der Waals surface area (Å²) >= 11 is 0. The maximum Gasteiger partial charge on any atom is 0.101 e. The maximum atomic E-state index is 8.03. The van der Waals surface area contributed by atoms with Crippen molar-refractivity contribution in [1.29, 1.82) is 0 Å². The first-order valence-electron chi connectivity index (χ1n) is 6.04. The first kappa shape index (κ1) is 29.5. The van der Waals surface area contributed by atoms with Crippen molar-refractivity contribution in [3.8, 4) is 0 Å². The summed E-state index contributed by atoms with van der Waals surface area (Å²) in [5.41, 5.74) is 1.25. The number of pyridine rings is 1. The minimum absolute atomic E-state index is 0. The van der Waals surface area contributed by atoms with Gasteiger partial charge in [0, 0.05) is 29.2 Å². The summed E-state index contributed by atoms with van der Waals surface area (Å²) in [4.78, 5) is 3.78. The number of hydrogen-bond donors (Lipinski definition) is 4. The molecule has 0 aliphatic rings. The van der Waals surface area contributed by atoms with Crippen LogP contribution in [0.5, 0.6) is 0 Å². The Morgan fingerprint density at radius 3 is 0.958 bits per heavy atom. The summed E-state index contributed by atoms with van der Waals surface area (Å²) in [6.45, 7) is 6.15. The van der Waals surface area contributed by atoms with Crippen LogP contribution in [0.2, 0.25) is 0 Å². The molecule has 0 aliphatic carbocycles. The van der Waals surface area contributed by atoms with Gasteiger partial charge in [0.1, 0.15) is 22.8 Å². The first-order valence-corrected chi connectivity index (χ1v) is 6.04. The van der Waals surface area contributed by atoms with Gasteiger partial charge in [-0.2, -0.15) is 0 Å². The molecule has 1 aromatic rings. The summed E-state index contributed by atoms with van der Waals surface area (Å²) < 4.78 is 0. The van der Waals surface area contributed by atoms with Crippen molar-refractivity contribution in [2.45, 2.75) is 27.7 Å². The largest absolute Gasteiger partial charge is 0.411 e. The Labute approximate surface area is 152 Å². The molecule has 4 N–H and O–H groups in total. The number of hydrogen-bond acceptors (Lipinski definition) is 9. The molecule has 139 valence electrons. The van der Waals surface area contributed by atoms with Crippen molar-refractivity contribution in [2.75, 3.05) is 0 Å². The summed E-state index contributed by atoms with van der Waals surface area (Å²) in [6, 6.07) is 5.72. The summed E-state index contributed by atoms with van der Waals surface area (Å²) in [6.07, 6.45) is 3.50. The number of aromatic nitrogens is 1. The SMILES string of the molecule is CC(=N\O)/C(C)=N/O.CC(=N\O)/C(C)=N/O.[CH3-].[Co].c1ccncc1. The number of oxime groups is 4. The van der Waals surface area contributed by atoms with E-state index in [1.165, 1.54) is 27.7 Å². The fraction of sp³-hybridized carbons (Fsp3) is 0.286. The zero-order chi connectivity index (χ0) is 17.4. The molecule has 1 heterocycles. The van der Waals surface area contributed by atoms with Crippen molar-refractivity contribution < 1.29 is 37.6 Å². The third-order valence-corrected chi connectivity index (χ3v) is 2.21. The van der Waals surface area contributed by atoms with E-state index < -0.39 is 0 Å². The number of rotatable bonds is 2. The van der Waals surface area contributed by atoms with Crippen LogP contribution in [0.4, 0.5) is 0 Å². The normalized spacial score (nSPS) is 11.5. The molecule has 1 rings (SSSR count). The second-order valence-corrected chi connectivity index (χ2v) is 3.77. The molecule has 0 spiro atoms. The van der Waals surface area contributed by atoms with Crippen LogP contribution in [-0.4, -0.2) is 48.7 Å². The minimum atomic E-state index is 0. The predicted octanol–water partition coefficient (Wildman–Crippen LogP) is 2.90. The van der Waals surface area contributed by atoms with Crippen molar-refractivity contribution in [2.24, 2.45) is 20.6 Å². The molecule has 9 nitrogen and oxygen atoms in total. The molecule has 0 atom stereocenters. The molecule has 0 saturated carbocycles. The van der Waals surface area contributed by atoms with Crippen LogP contribution in [0.1, 0.15) is 27.7 Å². The van der Waals surface area contributed by atoms with Gasteiger partial charge in [0.05, 0.1) is 0 Å². The van der Waals surface area contributed by atoms with Crippen molar-refractivity contribution in [3.63, 3.8) is 0 Å². The molecule has 0 fully saturated rings. The van der Waals surface area contributed by atoms with Gasteiger partial charge in [-0.1, -0.05) is 26.7 Å². The Bertz CT molecular complexity index is 428. The molecular formula is C14H24CoN5O4-. The Balaban J connectivity index is -0.000000121. The van der Waals surface area contributed by atoms with E-state index in [1.807, 2.05) is 18.2 Å². The van der Waals surface area contributed by atoms with E-state index in [4.69, 9.17) is 20.8 Å². The molecule has 0 unspecified atom stereocenters. The summed E-state index contributed by atoms with van der Waals surface area (Å²) in [7, 11) is 0. The monoisotopic (exact) mass is 385 g/mol. The van der Waals surface area contributed by atoms with Gasteiger partial charge in [0.2, 0.25) is 0 Å². The molecule has 10 heteroatoms. The zero-order valence-electron chi connectivity index (χ0n) is 14.2. The molecule has 1 radical (unpaired) electrons. The van der Waals surface area contributed by atoms with Crippen molar-refractivity contribution in [1.82, 2.24) is 4.98 Å². The van der Waals surface area contributed by atoms with Crippen LogP contribution in [0.15, 0.2) is 51.2 Å². The molecule has 1 aromatic heterocycles. The average molecular weight is 385 g/mol. The molecule has 0 aromatic carbocycles. The van der Waals surface area contributed by atoms with Gasteiger partial charge in [-0.05, 0) is 39.8 Å². The Hall–Kier alpha value is -2.46. The van der Waals surface area contributed by atoms with Crippen LogP contribution in [0.25, 0.3) is 0 Å². The van der Waals surface area contributed by atoms with Gasteiger partial charge in [-0.3, -0.25) is 4.98 Å². The smallest absolute Gasteiger partial charge is 0.101 e. The van der Waals surface area contributed by atoms with E-state index in [0.717, 1.165) is 0 Å². The Morgan fingerprint density at radius 2 is 0.875 bits per heavy atom. The zero-order valence-corrected chi connectivity index (χ0v) is 15.3. The van der Waals surface area contributed by atoms with E-state index in [0.29, 0.717) is 22.8 Å². The standard InChI is InChI=1S/C5H5N.2C4H8N2O2.CH3.Co/c1-2-4-6-5-3-1;2*1-3(5-7)4(2)6-8;;/h1-5H;2*7-8H,1-2H3;1H3;/q;;;-1;/b;2*5-3+,6-4+;;. The summed E-state index contributed by atoms with van der Waals surface area (Å²) in [5, 5.41) is 43.3. The van der Waals surface area contributed by atoms with E-state index >= 15 is 0 Å². The molecule has 24 heavy (non-hydrogen) atoms. The maximum absolute atomic E-state index is 8.03. The Morgan fingerprint density at radius 1 is 0.625 bits per heavy atom. The first-order chi connectivity index (χ1) is 10.4. The van der Waals surface area contributed by atoms with Gasteiger partial charge >= 0.3 is 0 Å². The third-order valence-electron chi connectivity index (χ3n) is 2.21. The quantitative estimate of drug-likeness (QED) is 0.268. The average Bonchev–Trinajstić information content (AvgIpc) is 2.61. The molecule has 0 bridgehead atoms. The molecular weight excluding hydrogens is 361 g/mol. The van der Waals surface area contributed by atoms with Gasteiger partial charge in [-0.15, -0.1) is 0 Å². The summed E-state index contributed by atoms with van der Waals surface area (Å²) in [5.74, 6) is 0. The van der Waals surface area contributed by atoms with Crippen LogP contribution < -0.4 is 0 Å². The third kappa shape index (κ3) is 17.6. The van der Waals surface area contributed by atoms with Crippen LogP contribution in [0, 0.1) is 7.43 Å². The number of nitrogens with zero attached hydrogens (tertiary/aromatic N) is 5. The minimum Gasteiger partial charge on any atom is -0.411 e. The van der Waals surface area contributed by atoms with Gasteiger partial charge in [0.25, 0.3) is 0 Å². The van der Waals surface area contributed by atoms with E-state index in [1.54, 1.807) is 12.4 Å². The molecule has 0 saturated heterocycles. The topological polar surface area (TPSA) is 143 Å². The van der Waals surface area contributed by atoms with Crippen LogP contribution >= 0.6 is 0 Å². The van der Waals surface area contributed by atoms with Crippen molar-refractivity contribution in [3.05, 3.63) is 38.0 Å². The predicted molar refractivity (Wildman–Crippen MR) is 90.2 cm³/mol. The van der Waals surface area contributed by atoms with E-state index in [2.05, 4.69) is 25.6 Å². The van der Waals surface area contributed by atoms with Gasteiger partial charge in [0.15, 0.2) is 0 Å². The Kier molecular flexibility index (Phi) is 25.3. The van der Waals surface area contributed by atoms with E-state index in [-0.39, 0.29) is 24.2 Å². The second-order valence-electron chi connectivity index (χ2n) is 3.77. The van der Waals surface area contributed by atoms with Crippen LogP contribution in [0.3, 0.4) is 0 Å². The fourth-order valence-electron chi connectivity index (χ4n) is 0.602. The molecule has 0 amide bonds. The van der Waals surface area contributed by atoms with E-state index in [9.17, 15) is 0 Å². The van der Waals surface area contributed by atoms with Gasteiger partial charge in [-0.25, -0.2) is 0 Å². The van der Waals surface area contributed by atoms with Gasteiger partial charge < -0.3 is 28.3 Å². The van der Waals surface area contributed by atoms with Crippen LogP contribution in [-0.2, 0) is 16.8 Å². The fourth-order valence-corrected chi connectivity index (χ4v) is 0.602.